The van der Waals surface area contributed by atoms with E-state index in [1.165, 1.54) is 11.8 Å². The van der Waals surface area contributed by atoms with Gasteiger partial charge in [0.15, 0.2) is 8.38 Å². The average Bonchev–Trinajstić information content (AvgIpc) is 2.32. The van der Waals surface area contributed by atoms with Gasteiger partial charge in [-0.25, -0.2) is 0 Å². The summed E-state index contributed by atoms with van der Waals surface area (Å²) >= 11 is 1.39. The highest BCUT2D eigenvalue weighted by Crippen LogP contribution is 2.36. The maximum Gasteiger partial charge on any atom is 0.304 e. The van der Waals surface area contributed by atoms with Crippen molar-refractivity contribution in [3.05, 3.63) is 12.7 Å². The lowest BCUT2D eigenvalue weighted by atomic mass is 10.1. The average molecular weight is 310 g/mol. The van der Waals surface area contributed by atoms with Crippen molar-refractivity contribution in [1.82, 2.24) is 0 Å². The van der Waals surface area contributed by atoms with Gasteiger partial charge in [-0.05, 0) is 20.3 Å². The highest BCUT2D eigenvalue weighted by atomic mass is 32.2. The Kier molecular flexibility index (Phi) is 10.6. The predicted molar refractivity (Wildman–Crippen MR) is 79.5 cm³/mol. The third-order valence-electron chi connectivity index (χ3n) is 2.20. The highest BCUT2D eigenvalue weighted by Gasteiger charge is 2.18. The lowest BCUT2D eigenvalue weighted by molar-refractivity contribution is -0.136. The highest BCUT2D eigenvalue weighted by molar-refractivity contribution is 8.03. The van der Waals surface area contributed by atoms with Crippen molar-refractivity contribution in [3.63, 3.8) is 0 Å². The Balaban J connectivity index is 3.58. The van der Waals surface area contributed by atoms with Gasteiger partial charge in [0.25, 0.3) is 0 Å². The zero-order valence-corrected chi connectivity index (χ0v) is 13.2. The van der Waals surface area contributed by atoms with E-state index in [2.05, 4.69) is 6.58 Å². The van der Waals surface area contributed by atoms with E-state index in [1.54, 1.807) is 6.08 Å². The van der Waals surface area contributed by atoms with E-state index in [0.717, 1.165) is 0 Å². The molecule has 0 aromatic heterocycles. The largest absolute Gasteiger partial charge is 0.481 e. The van der Waals surface area contributed by atoms with Gasteiger partial charge in [-0.2, -0.15) is 11.8 Å². The Morgan fingerprint density at radius 3 is 2.79 bits per heavy atom. The maximum atomic E-state index is 10.3. The van der Waals surface area contributed by atoms with Gasteiger partial charge in [0.05, 0.1) is 30.7 Å². The molecule has 1 atom stereocenters. The molecule has 5 nitrogen and oxygen atoms in total. The molecule has 19 heavy (non-hydrogen) atoms. The third-order valence-corrected chi connectivity index (χ3v) is 4.79. The molecule has 0 aliphatic heterocycles. The summed E-state index contributed by atoms with van der Waals surface area (Å²) in [4.78, 5) is 19.9. The van der Waals surface area contributed by atoms with Gasteiger partial charge in [-0.3, -0.25) is 4.79 Å². The topological polar surface area (TPSA) is 76.0 Å². The van der Waals surface area contributed by atoms with Crippen molar-refractivity contribution in [2.45, 2.75) is 32.3 Å². The SMILES string of the molecule is C=CCOC(C)(C)CCOP(O)CSCCC(=O)O. The molecule has 0 aromatic rings. The van der Waals surface area contributed by atoms with Crippen LogP contribution in [0.5, 0.6) is 0 Å². The number of aliphatic carboxylic acids is 1. The molecule has 0 radical (unpaired) electrons. The predicted octanol–water partition coefficient (Wildman–Crippen LogP) is 2.84. The summed E-state index contributed by atoms with van der Waals surface area (Å²) in [7, 11) is -1.48. The van der Waals surface area contributed by atoms with Crippen LogP contribution >= 0.6 is 20.1 Å². The Morgan fingerprint density at radius 1 is 1.53 bits per heavy atom. The van der Waals surface area contributed by atoms with Crippen molar-refractivity contribution >= 4 is 26.1 Å². The number of hydrogen-bond donors (Lipinski definition) is 2. The van der Waals surface area contributed by atoms with Crippen molar-refractivity contribution in [3.8, 4) is 0 Å². The molecule has 1 unspecified atom stereocenters. The molecular formula is C12H23O5PS. The molecule has 0 saturated carbocycles. The summed E-state index contributed by atoms with van der Waals surface area (Å²) in [5, 5.41) is 8.46. The molecule has 0 aliphatic rings. The molecule has 0 spiro atoms. The minimum atomic E-state index is -1.48. The maximum absolute atomic E-state index is 10.3. The first kappa shape index (κ1) is 18.9. The fraction of sp³-hybridized carbons (Fsp3) is 0.750. The molecule has 112 valence electrons. The quantitative estimate of drug-likeness (QED) is 0.328. The van der Waals surface area contributed by atoms with Gasteiger partial charge < -0.3 is 19.3 Å². The zero-order valence-electron chi connectivity index (χ0n) is 11.5. The summed E-state index contributed by atoms with van der Waals surface area (Å²) < 4.78 is 10.9. The van der Waals surface area contributed by atoms with Crippen LogP contribution in [0.4, 0.5) is 0 Å². The molecule has 7 heteroatoms. The van der Waals surface area contributed by atoms with Crippen LogP contribution in [0.3, 0.4) is 0 Å². The second kappa shape index (κ2) is 10.6. The van der Waals surface area contributed by atoms with Crippen molar-refractivity contribution in [1.29, 1.82) is 0 Å². The van der Waals surface area contributed by atoms with Gasteiger partial charge >= 0.3 is 5.97 Å². The third kappa shape index (κ3) is 12.6. The molecule has 2 N–H and O–H groups in total. The summed E-state index contributed by atoms with van der Waals surface area (Å²) in [5.74, 6) is -0.330. The standard InChI is InChI=1S/C12H23O5PS/c1-4-7-16-12(2,3)6-8-17-18(15)10-19-9-5-11(13)14/h4,15H,1,5-10H2,2-3H3,(H,13,14). The van der Waals surface area contributed by atoms with Crippen molar-refractivity contribution in [2.75, 3.05) is 24.5 Å². The van der Waals surface area contributed by atoms with Crippen LogP contribution in [0, 0.1) is 0 Å². The number of carboxylic acid groups (broad SMARTS) is 1. The molecule has 0 aliphatic carbocycles. The van der Waals surface area contributed by atoms with Gasteiger partial charge in [0.2, 0.25) is 0 Å². The first-order valence-electron chi connectivity index (χ1n) is 6.01. The fourth-order valence-corrected chi connectivity index (χ4v) is 3.15. The smallest absolute Gasteiger partial charge is 0.304 e. The normalized spacial score (nSPS) is 13.2. The van der Waals surface area contributed by atoms with E-state index in [9.17, 15) is 9.69 Å². The molecule has 0 saturated heterocycles. The van der Waals surface area contributed by atoms with Crippen LogP contribution in [-0.2, 0) is 14.1 Å². The number of carbonyl (C=O) groups is 1. The van der Waals surface area contributed by atoms with E-state index in [0.29, 0.717) is 30.9 Å². The molecule has 0 heterocycles. The van der Waals surface area contributed by atoms with Crippen molar-refractivity contribution in [2.24, 2.45) is 0 Å². The minimum absolute atomic E-state index is 0.107. The number of rotatable bonds is 12. The van der Waals surface area contributed by atoms with E-state index in [4.69, 9.17) is 14.4 Å². The number of hydrogen-bond acceptors (Lipinski definition) is 5. The second-order valence-corrected chi connectivity index (χ2v) is 7.29. The summed E-state index contributed by atoms with van der Waals surface area (Å²) in [6.45, 7) is 8.42. The summed E-state index contributed by atoms with van der Waals surface area (Å²) in [6, 6.07) is 0. The minimum Gasteiger partial charge on any atom is -0.481 e. The van der Waals surface area contributed by atoms with Crippen LogP contribution in [0.25, 0.3) is 0 Å². The second-order valence-electron chi connectivity index (χ2n) is 4.48. The Labute approximate surface area is 120 Å². The van der Waals surface area contributed by atoms with Crippen LogP contribution in [-0.4, -0.2) is 46.0 Å². The number of carboxylic acids is 1. The van der Waals surface area contributed by atoms with Crippen LogP contribution in [0.15, 0.2) is 12.7 Å². The van der Waals surface area contributed by atoms with Crippen LogP contribution < -0.4 is 0 Å². The Morgan fingerprint density at radius 2 is 2.21 bits per heavy atom. The molecule has 0 amide bonds. The summed E-state index contributed by atoms with van der Waals surface area (Å²) in [5.41, 5.74) is 0.136. The van der Waals surface area contributed by atoms with E-state index >= 15 is 0 Å². The van der Waals surface area contributed by atoms with E-state index in [-0.39, 0.29) is 12.0 Å². The Bertz CT molecular complexity index is 273. The van der Waals surface area contributed by atoms with E-state index in [1.807, 2.05) is 13.8 Å². The van der Waals surface area contributed by atoms with Gasteiger partial charge in [-0.1, -0.05) is 6.08 Å². The molecule has 0 aromatic carbocycles. The van der Waals surface area contributed by atoms with Crippen LogP contribution in [0.2, 0.25) is 0 Å². The Hall–Kier alpha value is -0.130. The molecule has 0 bridgehead atoms. The first-order chi connectivity index (χ1) is 8.87. The van der Waals surface area contributed by atoms with Crippen molar-refractivity contribution < 1.29 is 24.1 Å². The lowest BCUT2D eigenvalue weighted by Gasteiger charge is -2.24. The van der Waals surface area contributed by atoms with Crippen LogP contribution in [0.1, 0.15) is 26.7 Å². The lowest BCUT2D eigenvalue weighted by Crippen LogP contribution is -2.26. The fourth-order valence-electron chi connectivity index (χ4n) is 1.09. The van der Waals surface area contributed by atoms with Gasteiger partial charge in [-0.15, -0.1) is 6.58 Å². The van der Waals surface area contributed by atoms with Gasteiger partial charge in [0.1, 0.15) is 0 Å². The molecule has 0 fully saturated rings. The number of ether oxygens (including phenoxy) is 1. The zero-order chi connectivity index (χ0) is 14.7. The first-order valence-corrected chi connectivity index (χ1v) is 8.56. The summed E-state index contributed by atoms with van der Waals surface area (Å²) in [6.07, 6.45) is 2.48. The van der Waals surface area contributed by atoms with E-state index < -0.39 is 14.3 Å². The molecule has 0 rings (SSSR count). The monoisotopic (exact) mass is 310 g/mol. The van der Waals surface area contributed by atoms with Gasteiger partial charge in [0, 0.05) is 5.75 Å². The molecular weight excluding hydrogens is 287 g/mol. The number of thioether (sulfide) groups is 1.